The minimum absolute atomic E-state index is 0. The van der Waals surface area contributed by atoms with E-state index in [9.17, 15) is 18.1 Å². The Morgan fingerprint density at radius 1 is 1.19 bits per heavy atom. The summed E-state index contributed by atoms with van der Waals surface area (Å²) in [5.74, 6) is -0.381. The molecule has 3 rings (SSSR count). The quantitative estimate of drug-likeness (QED) is 0.338. The summed E-state index contributed by atoms with van der Waals surface area (Å²) in [4.78, 5) is 0.669. The first-order chi connectivity index (χ1) is 11.9. The van der Waals surface area contributed by atoms with Gasteiger partial charge in [0, 0.05) is 6.07 Å². The van der Waals surface area contributed by atoms with Gasteiger partial charge in [-0.3, -0.25) is 4.55 Å². The number of rotatable bonds is 6. The number of benzene rings is 2. The number of aromatic hydroxyl groups is 1. The molecule has 8 nitrogen and oxygen atoms in total. The van der Waals surface area contributed by atoms with Crippen molar-refractivity contribution in [2.24, 2.45) is 0 Å². The fourth-order valence-corrected chi connectivity index (χ4v) is 2.94. The second kappa shape index (κ2) is 8.36. The van der Waals surface area contributed by atoms with Crippen molar-refractivity contribution in [2.75, 3.05) is 6.61 Å². The fourth-order valence-electron chi connectivity index (χ4n) is 2.31. The van der Waals surface area contributed by atoms with Crippen LogP contribution in [0.5, 0.6) is 11.5 Å². The molecule has 0 radical (unpaired) electrons. The molecular formula is C16H18N3NaO5S. The molecule has 0 aliphatic rings. The van der Waals surface area contributed by atoms with Crippen molar-refractivity contribution in [1.29, 1.82) is 0 Å². The maximum atomic E-state index is 11.7. The first kappa shape index (κ1) is 20.7. The summed E-state index contributed by atoms with van der Waals surface area (Å²) in [5, 5.41) is 18.7. The Morgan fingerprint density at radius 2 is 1.81 bits per heavy atom. The summed E-state index contributed by atoms with van der Waals surface area (Å²) in [6.45, 7) is 2.23. The smallest absolute Gasteiger partial charge is 1.00 e. The molecule has 0 bridgehead atoms. The predicted molar refractivity (Wildman–Crippen MR) is 91.9 cm³/mol. The Labute approximate surface area is 174 Å². The van der Waals surface area contributed by atoms with Crippen LogP contribution >= 0.6 is 0 Å². The molecule has 0 amide bonds. The van der Waals surface area contributed by atoms with Crippen LogP contribution < -0.4 is 34.3 Å². The first-order valence-electron chi connectivity index (χ1n) is 7.70. The summed E-state index contributed by atoms with van der Waals surface area (Å²) < 4.78 is 38.3. The Balaban J connectivity index is 0.00000182. The van der Waals surface area contributed by atoms with Gasteiger partial charge in [0.15, 0.2) is 0 Å². The van der Waals surface area contributed by atoms with Gasteiger partial charge in [0.2, 0.25) is 0 Å². The van der Waals surface area contributed by atoms with Crippen LogP contribution in [0.25, 0.3) is 16.7 Å². The molecule has 0 fully saturated rings. The predicted octanol–water partition coefficient (Wildman–Crippen LogP) is -0.332. The minimum Gasteiger partial charge on any atom is -1.00 e. The number of nitrogens with zero attached hydrogens (tertiary/aromatic N) is 3. The van der Waals surface area contributed by atoms with E-state index < -0.39 is 15.0 Å². The standard InChI is InChI=1S/C16H17N3O5S.Na.H/c1-2-3-8-24-15-10-14(20)13(9-16(15)25(21,22)23)19-17-11-6-4-5-7-12(11)18-19;;/h4-7,9-10,20H,2-3,8H2,1H3,(H,21,22,23);;/q;+1;-1. The van der Waals surface area contributed by atoms with Crippen molar-refractivity contribution in [2.45, 2.75) is 24.7 Å². The molecular weight excluding hydrogens is 369 g/mol. The Morgan fingerprint density at radius 3 is 2.35 bits per heavy atom. The second-order valence-electron chi connectivity index (χ2n) is 5.44. The minimum atomic E-state index is -4.55. The fraction of sp³-hybridized carbons (Fsp3) is 0.250. The van der Waals surface area contributed by atoms with Gasteiger partial charge in [-0.05, 0) is 24.6 Å². The van der Waals surface area contributed by atoms with Crippen molar-refractivity contribution in [3.05, 3.63) is 36.4 Å². The van der Waals surface area contributed by atoms with E-state index in [1.807, 2.05) is 6.92 Å². The second-order valence-corrected chi connectivity index (χ2v) is 6.83. The molecule has 0 unspecified atom stereocenters. The van der Waals surface area contributed by atoms with Crippen molar-refractivity contribution in [3.63, 3.8) is 0 Å². The SMILES string of the molecule is CCCCOc1cc(O)c(-n2nc3ccccc3n2)cc1S(=O)(=O)O.[H-].[Na+]. The number of hydrogen-bond donors (Lipinski definition) is 2. The van der Waals surface area contributed by atoms with Gasteiger partial charge in [-0.25, -0.2) is 0 Å². The van der Waals surface area contributed by atoms with Crippen LogP contribution in [0, 0.1) is 0 Å². The van der Waals surface area contributed by atoms with Crippen LogP contribution in [0.4, 0.5) is 0 Å². The van der Waals surface area contributed by atoms with Crippen molar-refractivity contribution in [1.82, 2.24) is 15.0 Å². The average Bonchev–Trinajstić information content (AvgIpc) is 2.97. The molecule has 0 aliphatic heterocycles. The topological polar surface area (TPSA) is 115 Å². The van der Waals surface area contributed by atoms with Gasteiger partial charge < -0.3 is 11.3 Å². The molecule has 1 aromatic heterocycles. The van der Waals surface area contributed by atoms with E-state index >= 15 is 0 Å². The molecule has 2 aromatic carbocycles. The molecule has 0 aliphatic carbocycles. The molecule has 2 N–H and O–H groups in total. The van der Waals surface area contributed by atoms with E-state index in [0.717, 1.165) is 23.4 Å². The number of phenolic OH excluding ortho intramolecular Hbond substituents is 1. The number of unbranched alkanes of at least 4 members (excludes halogenated alkanes) is 1. The van der Waals surface area contributed by atoms with Gasteiger partial charge in [-0.2, -0.15) is 8.42 Å². The van der Waals surface area contributed by atoms with E-state index in [1.54, 1.807) is 24.3 Å². The zero-order valence-corrected chi connectivity index (χ0v) is 17.3. The zero-order valence-electron chi connectivity index (χ0n) is 15.5. The Bertz CT molecular complexity index is 993. The number of hydrogen-bond acceptors (Lipinski definition) is 6. The van der Waals surface area contributed by atoms with Gasteiger partial charge >= 0.3 is 29.6 Å². The average molecular weight is 387 g/mol. The van der Waals surface area contributed by atoms with E-state index in [2.05, 4.69) is 10.2 Å². The third-order valence-electron chi connectivity index (χ3n) is 3.58. The largest absolute Gasteiger partial charge is 1.00 e. The van der Waals surface area contributed by atoms with Crippen LogP contribution in [0.2, 0.25) is 0 Å². The molecule has 0 saturated carbocycles. The Kier molecular flexibility index (Phi) is 6.64. The molecule has 10 heteroatoms. The maximum absolute atomic E-state index is 11.7. The number of aromatic nitrogens is 3. The van der Waals surface area contributed by atoms with E-state index in [4.69, 9.17) is 4.74 Å². The van der Waals surface area contributed by atoms with E-state index in [0.29, 0.717) is 17.5 Å². The molecule has 0 atom stereocenters. The normalized spacial score (nSPS) is 11.3. The van der Waals surface area contributed by atoms with Gasteiger partial charge in [0.25, 0.3) is 10.1 Å². The maximum Gasteiger partial charge on any atom is 1.00 e. The molecule has 0 spiro atoms. The van der Waals surface area contributed by atoms with Crippen LogP contribution in [-0.2, 0) is 10.1 Å². The van der Waals surface area contributed by atoms with Crippen molar-refractivity contribution < 1.29 is 53.8 Å². The third kappa shape index (κ3) is 4.36. The molecule has 3 aromatic rings. The summed E-state index contributed by atoms with van der Waals surface area (Å²) >= 11 is 0. The van der Waals surface area contributed by atoms with E-state index in [1.165, 1.54) is 0 Å². The third-order valence-corrected chi connectivity index (χ3v) is 4.45. The van der Waals surface area contributed by atoms with Gasteiger partial charge in [0.1, 0.15) is 33.1 Å². The van der Waals surface area contributed by atoms with Crippen LogP contribution in [0.15, 0.2) is 41.3 Å². The zero-order chi connectivity index (χ0) is 18.0. The summed E-state index contributed by atoms with van der Waals surface area (Å²) in [6.07, 6.45) is 1.56. The molecule has 134 valence electrons. The molecule has 26 heavy (non-hydrogen) atoms. The first-order valence-corrected chi connectivity index (χ1v) is 9.14. The van der Waals surface area contributed by atoms with Gasteiger partial charge in [0.05, 0.1) is 6.61 Å². The Hall–Kier alpha value is -1.65. The van der Waals surface area contributed by atoms with E-state index in [-0.39, 0.29) is 54.8 Å². The van der Waals surface area contributed by atoms with Gasteiger partial charge in [-0.1, -0.05) is 25.5 Å². The van der Waals surface area contributed by atoms with Gasteiger partial charge in [-0.15, -0.1) is 15.0 Å². The number of fused-ring (bicyclic) bond motifs is 1. The molecule has 1 heterocycles. The van der Waals surface area contributed by atoms with Crippen LogP contribution in [0.3, 0.4) is 0 Å². The van der Waals surface area contributed by atoms with Crippen LogP contribution in [0.1, 0.15) is 21.2 Å². The monoisotopic (exact) mass is 387 g/mol. The van der Waals surface area contributed by atoms with Crippen molar-refractivity contribution in [3.8, 4) is 17.2 Å². The number of ether oxygens (including phenoxy) is 1. The van der Waals surface area contributed by atoms with Crippen molar-refractivity contribution >= 4 is 21.2 Å². The summed E-state index contributed by atoms with van der Waals surface area (Å²) in [7, 11) is -4.55. The molecule has 0 saturated heterocycles. The van der Waals surface area contributed by atoms with Crippen LogP contribution in [-0.4, -0.2) is 39.7 Å². The summed E-state index contributed by atoms with van der Waals surface area (Å²) in [6, 6.07) is 9.28. The number of phenols is 1. The summed E-state index contributed by atoms with van der Waals surface area (Å²) in [5.41, 5.74) is 1.18.